The van der Waals surface area contributed by atoms with Gasteiger partial charge in [-0.05, 0) is 50.6 Å². The van der Waals surface area contributed by atoms with Crippen LogP contribution in [0.1, 0.15) is 32.8 Å². The van der Waals surface area contributed by atoms with Crippen molar-refractivity contribution in [1.29, 1.82) is 0 Å². The number of hydrogen-bond donors (Lipinski definition) is 1. The second-order valence-electron chi connectivity index (χ2n) is 6.96. The smallest absolute Gasteiger partial charge is 0.410 e. The van der Waals surface area contributed by atoms with E-state index in [-0.39, 0.29) is 6.09 Å². The first-order valence-corrected chi connectivity index (χ1v) is 9.12. The number of carbonyl (C=O) groups excluding carboxylic acids is 1. The van der Waals surface area contributed by atoms with E-state index in [9.17, 15) is 4.79 Å². The first-order chi connectivity index (χ1) is 11.4. The van der Waals surface area contributed by atoms with Gasteiger partial charge in [0.25, 0.3) is 0 Å². The van der Waals surface area contributed by atoms with Gasteiger partial charge in [0.05, 0.1) is 0 Å². The van der Waals surface area contributed by atoms with Crippen LogP contribution in [-0.4, -0.2) is 48.5 Å². The Hall–Kier alpha value is -1.62. The Morgan fingerprint density at radius 1 is 1.17 bits per heavy atom. The van der Waals surface area contributed by atoms with E-state index in [1.165, 1.54) is 11.3 Å². The van der Waals surface area contributed by atoms with Crippen molar-refractivity contribution >= 4 is 30.5 Å². The van der Waals surface area contributed by atoms with Crippen LogP contribution in [0.15, 0.2) is 30.3 Å². The van der Waals surface area contributed by atoms with Crippen LogP contribution in [0.4, 0.5) is 10.5 Å². The number of piperazine rings is 1. The summed E-state index contributed by atoms with van der Waals surface area (Å²) in [5.41, 5.74) is 1.96. The molecule has 1 saturated heterocycles. The van der Waals surface area contributed by atoms with E-state index in [0.717, 1.165) is 25.3 Å². The van der Waals surface area contributed by atoms with Gasteiger partial charge in [-0.2, -0.15) is 12.6 Å². The lowest BCUT2D eigenvalue weighted by Crippen LogP contribution is -2.50. The summed E-state index contributed by atoms with van der Waals surface area (Å²) in [6.45, 7) is 8.73. The maximum Gasteiger partial charge on any atom is 0.410 e. The molecule has 1 aliphatic heterocycles. The number of thiol groups is 1. The standard InChI is InChI=1S/C19H28N2O2S/c1-19(2,3)23-18(22)21-13-11-20(12-14-21)17-9-7-16(8-10-17)6-4-5-15-24/h4,6-10,24H,5,11-15H2,1-3H3. The number of nitrogens with zero attached hydrogens (tertiary/aromatic N) is 2. The zero-order valence-electron chi connectivity index (χ0n) is 14.9. The number of ether oxygens (including phenoxy) is 1. The molecular formula is C19H28N2O2S. The second-order valence-corrected chi connectivity index (χ2v) is 7.41. The number of hydrogen-bond acceptors (Lipinski definition) is 4. The molecule has 0 unspecified atom stereocenters. The molecule has 0 bridgehead atoms. The topological polar surface area (TPSA) is 32.8 Å². The molecule has 132 valence electrons. The summed E-state index contributed by atoms with van der Waals surface area (Å²) < 4.78 is 5.44. The second kappa shape index (κ2) is 8.47. The van der Waals surface area contributed by atoms with E-state index >= 15 is 0 Å². The van der Waals surface area contributed by atoms with Crippen molar-refractivity contribution in [1.82, 2.24) is 4.90 Å². The predicted octanol–water partition coefficient (Wildman–Crippen LogP) is 4.08. The molecule has 1 aliphatic rings. The van der Waals surface area contributed by atoms with E-state index in [1.54, 1.807) is 4.90 Å². The minimum Gasteiger partial charge on any atom is -0.444 e. The van der Waals surface area contributed by atoms with Crippen molar-refractivity contribution < 1.29 is 9.53 Å². The molecule has 1 aromatic rings. The number of allylic oxidation sites excluding steroid dienone is 1. The average Bonchev–Trinajstić information content (AvgIpc) is 2.54. The highest BCUT2D eigenvalue weighted by molar-refractivity contribution is 7.80. The lowest BCUT2D eigenvalue weighted by atomic mass is 10.1. The Morgan fingerprint density at radius 2 is 1.79 bits per heavy atom. The summed E-state index contributed by atoms with van der Waals surface area (Å²) in [7, 11) is 0. The fourth-order valence-electron chi connectivity index (χ4n) is 2.56. The third-order valence-corrected chi connectivity index (χ3v) is 4.05. The Labute approximate surface area is 150 Å². The molecular weight excluding hydrogens is 320 g/mol. The van der Waals surface area contributed by atoms with Gasteiger partial charge in [0, 0.05) is 31.9 Å². The molecule has 0 atom stereocenters. The molecule has 1 aromatic carbocycles. The molecule has 2 rings (SSSR count). The van der Waals surface area contributed by atoms with Crippen molar-refractivity contribution in [3.05, 3.63) is 35.9 Å². The maximum atomic E-state index is 12.1. The third-order valence-electron chi connectivity index (χ3n) is 3.80. The largest absolute Gasteiger partial charge is 0.444 e. The minimum absolute atomic E-state index is 0.216. The third kappa shape index (κ3) is 5.78. The zero-order valence-corrected chi connectivity index (χ0v) is 15.8. The molecule has 24 heavy (non-hydrogen) atoms. The number of amides is 1. The van der Waals surface area contributed by atoms with Crippen molar-refractivity contribution in [2.45, 2.75) is 32.8 Å². The van der Waals surface area contributed by atoms with Gasteiger partial charge in [-0.1, -0.05) is 24.3 Å². The highest BCUT2D eigenvalue weighted by Crippen LogP contribution is 2.19. The predicted molar refractivity (Wildman–Crippen MR) is 104 cm³/mol. The van der Waals surface area contributed by atoms with Gasteiger partial charge in [-0.3, -0.25) is 0 Å². The summed E-state index contributed by atoms with van der Waals surface area (Å²) in [4.78, 5) is 16.2. The van der Waals surface area contributed by atoms with Crippen LogP contribution < -0.4 is 4.90 Å². The van der Waals surface area contributed by atoms with Crippen LogP contribution in [0.2, 0.25) is 0 Å². The number of rotatable bonds is 4. The number of benzene rings is 1. The lowest BCUT2D eigenvalue weighted by Gasteiger charge is -2.36. The van der Waals surface area contributed by atoms with Crippen LogP contribution in [0, 0.1) is 0 Å². The van der Waals surface area contributed by atoms with Crippen LogP contribution in [0.5, 0.6) is 0 Å². The van der Waals surface area contributed by atoms with Crippen LogP contribution in [-0.2, 0) is 4.74 Å². The normalized spacial score (nSPS) is 15.8. The quantitative estimate of drug-likeness (QED) is 0.833. The zero-order chi connectivity index (χ0) is 17.6. The van der Waals surface area contributed by atoms with Crippen molar-refractivity contribution in [2.24, 2.45) is 0 Å². The van der Waals surface area contributed by atoms with E-state index in [4.69, 9.17) is 4.74 Å². The summed E-state index contributed by atoms with van der Waals surface area (Å²) in [5, 5.41) is 0. The van der Waals surface area contributed by atoms with E-state index in [0.29, 0.717) is 13.1 Å². The van der Waals surface area contributed by atoms with Crippen LogP contribution >= 0.6 is 12.6 Å². The average molecular weight is 349 g/mol. The fourth-order valence-corrected chi connectivity index (χ4v) is 2.71. The van der Waals surface area contributed by atoms with Gasteiger partial charge in [0.1, 0.15) is 5.60 Å². The van der Waals surface area contributed by atoms with Gasteiger partial charge in [-0.25, -0.2) is 4.79 Å². The monoisotopic (exact) mass is 348 g/mol. The van der Waals surface area contributed by atoms with E-state index < -0.39 is 5.60 Å². The van der Waals surface area contributed by atoms with Crippen molar-refractivity contribution in [3.63, 3.8) is 0 Å². The molecule has 1 fully saturated rings. The number of anilines is 1. The van der Waals surface area contributed by atoms with Crippen LogP contribution in [0.3, 0.4) is 0 Å². The summed E-state index contributed by atoms with van der Waals surface area (Å²) in [6.07, 6.45) is 5.03. The fraction of sp³-hybridized carbons (Fsp3) is 0.526. The molecule has 5 heteroatoms. The molecule has 0 spiro atoms. The first kappa shape index (κ1) is 18.7. The summed E-state index contributed by atoms with van der Waals surface area (Å²) >= 11 is 4.20. The summed E-state index contributed by atoms with van der Waals surface area (Å²) in [6, 6.07) is 8.54. The van der Waals surface area contributed by atoms with E-state index in [2.05, 4.69) is 53.9 Å². The summed E-state index contributed by atoms with van der Waals surface area (Å²) in [5.74, 6) is 0.872. The Balaban J connectivity index is 1.87. The minimum atomic E-state index is -0.440. The van der Waals surface area contributed by atoms with Crippen molar-refractivity contribution in [3.8, 4) is 0 Å². The SMILES string of the molecule is CC(C)(C)OC(=O)N1CCN(c2ccc(C=CCCS)cc2)CC1. The molecule has 0 aliphatic carbocycles. The highest BCUT2D eigenvalue weighted by atomic mass is 32.1. The van der Waals surface area contributed by atoms with Crippen LogP contribution in [0.25, 0.3) is 6.08 Å². The Morgan fingerprint density at radius 3 is 2.33 bits per heavy atom. The molecule has 0 aromatic heterocycles. The van der Waals surface area contributed by atoms with E-state index in [1.807, 2.05) is 20.8 Å². The van der Waals surface area contributed by atoms with Gasteiger partial charge in [0.15, 0.2) is 0 Å². The number of carbonyl (C=O) groups is 1. The molecule has 1 amide bonds. The van der Waals surface area contributed by atoms with Gasteiger partial charge in [-0.15, -0.1) is 0 Å². The molecule has 0 N–H and O–H groups in total. The maximum absolute atomic E-state index is 12.1. The molecule has 0 saturated carbocycles. The van der Waals surface area contributed by atoms with Gasteiger partial charge >= 0.3 is 6.09 Å². The lowest BCUT2D eigenvalue weighted by molar-refractivity contribution is 0.0240. The first-order valence-electron chi connectivity index (χ1n) is 8.49. The Bertz CT molecular complexity index is 556. The van der Waals surface area contributed by atoms with Gasteiger partial charge < -0.3 is 14.5 Å². The molecule has 0 radical (unpaired) electrons. The molecule has 1 heterocycles. The van der Waals surface area contributed by atoms with Gasteiger partial charge in [0.2, 0.25) is 0 Å². The Kier molecular flexibility index (Phi) is 6.60. The highest BCUT2D eigenvalue weighted by Gasteiger charge is 2.25. The van der Waals surface area contributed by atoms with Crippen molar-refractivity contribution in [2.75, 3.05) is 36.8 Å². The molecule has 4 nitrogen and oxygen atoms in total.